The number of aromatic nitrogens is 1. The van der Waals surface area contributed by atoms with E-state index < -0.39 is 0 Å². The molecule has 1 aromatic heterocycles. The molecule has 2 aromatic carbocycles. The number of halogens is 1. The van der Waals surface area contributed by atoms with Gasteiger partial charge >= 0.3 is 0 Å². The minimum absolute atomic E-state index is 0.0589. The zero-order valence-electron chi connectivity index (χ0n) is 11.8. The van der Waals surface area contributed by atoms with E-state index in [1.165, 1.54) is 21.8 Å². The summed E-state index contributed by atoms with van der Waals surface area (Å²) in [5.74, 6) is 0. The van der Waals surface area contributed by atoms with Gasteiger partial charge in [0.05, 0.1) is 11.0 Å². The summed E-state index contributed by atoms with van der Waals surface area (Å²) in [7, 11) is 0. The van der Waals surface area contributed by atoms with Crippen molar-refractivity contribution >= 4 is 33.4 Å². The molecule has 0 spiro atoms. The lowest BCUT2D eigenvalue weighted by atomic mass is 10.2. The number of rotatable bonds is 4. The van der Waals surface area contributed by atoms with Crippen LogP contribution in [0.2, 0.25) is 5.02 Å². The second kappa shape index (κ2) is 5.47. The molecule has 0 saturated carbocycles. The van der Waals surface area contributed by atoms with Gasteiger partial charge < -0.3 is 9.30 Å². The van der Waals surface area contributed by atoms with E-state index in [0.717, 1.165) is 11.4 Å². The number of hydrogen-bond donors (Lipinski definition) is 0. The summed E-state index contributed by atoms with van der Waals surface area (Å²) < 4.78 is 8.19. The lowest BCUT2D eigenvalue weighted by Crippen LogP contribution is -2.11. The molecule has 1 heterocycles. The SMILES string of the molecule is CCOC(CC)n1c2ccccc2c2cc(Cl)ccc21. The van der Waals surface area contributed by atoms with Crippen molar-refractivity contribution in [1.29, 1.82) is 0 Å². The minimum atomic E-state index is 0.0589. The quantitative estimate of drug-likeness (QED) is 0.627. The Morgan fingerprint density at radius 2 is 1.80 bits per heavy atom. The van der Waals surface area contributed by atoms with Gasteiger partial charge in [-0.25, -0.2) is 0 Å². The van der Waals surface area contributed by atoms with Crippen LogP contribution in [0.25, 0.3) is 21.8 Å². The van der Waals surface area contributed by atoms with Crippen LogP contribution in [0.4, 0.5) is 0 Å². The van der Waals surface area contributed by atoms with Gasteiger partial charge in [0.15, 0.2) is 0 Å². The largest absolute Gasteiger partial charge is 0.358 e. The van der Waals surface area contributed by atoms with Crippen molar-refractivity contribution in [2.45, 2.75) is 26.5 Å². The molecule has 0 aliphatic carbocycles. The van der Waals surface area contributed by atoms with Crippen LogP contribution in [-0.2, 0) is 4.74 Å². The van der Waals surface area contributed by atoms with Crippen molar-refractivity contribution in [3.05, 3.63) is 47.5 Å². The summed E-state index contributed by atoms with van der Waals surface area (Å²) in [6.45, 7) is 4.89. The van der Waals surface area contributed by atoms with Crippen molar-refractivity contribution in [2.24, 2.45) is 0 Å². The monoisotopic (exact) mass is 287 g/mol. The predicted molar refractivity (Wildman–Crippen MR) is 85.4 cm³/mol. The summed E-state index contributed by atoms with van der Waals surface area (Å²) in [5.41, 5.74) is 2.38. The third kappa shape index (κ3) is 2.09. The van der Waals surface area contributed by atoms with Crippen LogP contribution in [0, 0.1) is 0 Å². The molecule has 20 heavy (non-hydrogen) atoms. The first-order chi connectivity index (χ1) is 9.76. The van der Waals surface area contributed by atoms with Gasteiger partial charge in [-0.15, -0.1) is 0 Å². The third-order valence-electron chi connectivity index (χ3n) is 3.67. The predicted octanol–water partition coefficient (Wildman–Crippen LogP) is 5.39. The van der Waals surface area contributed by atoms with Crippen LogP contribution in [-0.4, -0.2) is 11.2 Å². The van der Waals surface area contributed by atoms with Crippen molar-refractivity contribution in [1.82, 2.24) is 4.57 Å². The van der Waals surface area contributed by atoms with Gasteiger partial charge in [-0.05, 0) is 37.6 Å². The average Bonchev–Trinajstić information content (AvgIpc) is 2.79. The van der Waals surface area contributed by atoms with Gasteiger partial charge in [0.25, 0.3) is 0 Å². The lowest BCUT2D eigenvalue weighted by molar-refractivity contribution is 0.0137. The van der Waals surface area contributed by atoms with Gasteiger partial charge in [-0.3, -0.25) is 0 Å². The van der Waals surface area contributed by atoms with E-state index >= 15 is 0 Å². The standard InChI is InChI=1S/C17H18ClNO/c1-3-17(20-4-2)19-15-8-6-5-7-13(15)14-11-12(18)9-10-16(14)19/h5-11,17H,3-4H2,1-2H3. The summed E-state index contributed by atoms with van der Waals surface area (Å²) in [5, 5.41) is 3.18. The maximum Gasteiger partial charge on any atom is 0.134 e. The Balaban J connectivity index is 2.37. The zero-order chi connectivity index (χ0) is 14.1. The van der Waals surface area contributed by atoms with Crippen LogP contribution >= 0.6 is 11.6 Å². The molecule has 0 N–H and O–H groups in total. The van der Waals surface area contributed by atoms with Crippen LogP contribution in [0.5, 0.6) is 0 Å². The van der Waals surface area contributed by atoms with Crippen molar-refractivity contribution < 1.29 is 4.74 Å². The number of fused-ring (bicyclic) bond motifs is 3. The van der Waals surface area contributed by atoms with Crippen LogP contribution < -0.4 is 0 Å². The summed E-state index contributed by atoms with van der Waals surface area (Å²) in [6, 6.07) is 14.5. The molecule has 0 saturated heterocycles. The molecule has 2 nitrogen and oxygen atoms in total. The molecule has 0 aliphatic rings. The molecule has 3 heteroatoms. The maximum absolute atomic E-state index is 6.16. The lowest BCUT2D eigenvalue weighted by Gasteiger charge is -2.19. The Morgan fingerprint density at radius 1 is 1.05 bits per heavy atom. The van der Waals surface area contributed by atoms with Gasteiger partial charge in [-0.1, -0.05) is 36.7 Å². The average molecular weight is 288 g/mol. The smallest absolute Gasteiger partial charge is 0.134 e. The van der Waals surface area contributed by atoms with Gasteiger partial charge in [0.1, 0.15) is 6.23 Å². The number of ether oxygens (including phenoxy) is 1. The molecule has 0 bridgehead atoms. The summed E-state index contributed by atoms with van der Waals surface area (Å²) in [4.78, 5) is 0. The topological polar surface area (TPSA) is 14.2 Å². The molecule has 0 aliphatic heterocycles. The number of nitrogens with zero attached hydrogens (tertiary/aromatic N) is 1. The summed E-state index contributed by atoms with van der Waals surface area (Å²) >= 11 is 6.16. The van der Waals surface area contributed by atoms with Gasteiger partial charge in [-0.2, -0.15) is 0 Å². The minimum Gasteiger partial charge on any atom is -0.358 e. The van der Waals surface area contributed by atoms with E-state index in [1.807, 2.05) is 19.1 Å². The van der Waals surface area contributed by atoms with E-state index in [-0.39, 0.29) is 6.23 Å². The van der Waals surface area contributed by atoms with Gasteiger partial charge in [0, 0.05) is 22.4 Å². The van der Waals surface area contributed by atoms with Crippen molar-refractivity contribution in [3.63, 3.8) is 0 Å². The first kappa shape index (κ1) is 13.5. The molecule has 104 valence electrons. The van der Waals surface area contributed by atoms with Crippen molar-refractivity contribution in [2.75, 3.05) is 6.61 Å². The van der Waals surface area contributed by atoms with Crippen LogP contribution in [0.15, 0.2) is 42.5 Å². The fourth-order valence-corrected chi connectivity index (χ4v) is 3.03. The Labute approximate surface area is 123 Å². The highest BCUT2D eigenvalue weighted by Crippen LogP contribution is 2.34. The Kier molecular flexibility index (Phi) is 3.68. The fourth-order valence-electron chi connectivity index (χ4n) is 2.85. The second-order valence-electron chi connectivity index (χ2n) is 4.87. The molecule has 3 aromatic rings. The fraction of sp³-hybridized carbons (Fsp3) is 0.294. The highest BCUT2D eigenvalue weighted by molar-refractivity contribution is 6.31. The highest BCUT2D eigenvalue weighted by Gasteiger charge is 2.16. The van der Waals surface area contributed by atoms with Crippen molar-refractivity contribution in [3.8, 4) is 0 Å². The normalized spacial score (nSPS) is 13.2. The van der Waals surface area contributed by atoms with E-state index in [0.29, 0.717) is 6.61 Å². The number of para-hydroxylation sites is 1. The van der Waals surface area contributed by atoms with Crippen LogP contribution in [0.3, 0.4) is 0 Å². The number of hydrogen-bond acceptors (Lipinski definition) is 1. The number of benzene rings is 2. The Bertz CT molecular complexity index is 747. The first-order valence-corrected chi connectivity index (χ1v) is 7.43. The van der Waals surface area contributed by atoms with E-state index in [4.69, 9.17) is 16.3 Å². The zero-order valence-corrected chi connectivity index (χ0v) is 12.5. The first-order valence-electron chi connectivity index (χ1n) is 7.06. The highest BCUT2D eigenvalue weighted by atomic mass is 35.5. The van der Waals surface area contributed by atoms with E-state index in [1.54, 1.807) is 0 Å². The van der Waals surface area contributed by atoms with E-state index in [2.05, 4.69) is 41.8 Å². The molecular weight excluding hydrogens is 270 g/mol. The molecule has 1 unspecified atom stereocenters. The Morgan fingerprint density at radius 3 is 2.55 bits per heavy atom. The molecule has 3 rings (SSSR count). The Hall–Kier alpha value is -1.51. The maximum atomic E-state index is 6.16. The summed E-state index contributed by atoms with van der Waals surface area (Å²) in [6.07, 6.45) is 0.994. The van der Waals surface area contributed by atoms with Gasteiger partial charge in [0.2, 0.25) is 0 Å². The third-order valence-corrected chi connectivity index (χ3v) is 3.90. The van der Waals surface area contributed by atoms with Crippen LogP contribution in [0.1, 0.15) is 26.5 Å². The molecule has 1 atom stereocenters. The molecule has 0 amide bonds. The second-order valence-corrected chi connectivity index (χ2v) is 5.30. The molecule has 0 fully saturated rings. The van der Waals surface area contributed by atoms with E-state index in [9.17, 15) is 0 Å². The molecule has 0 radical (unpaired) electrons. The molecular formula is C17H18ClNO.